The Hall–Kier alpha value is -3.48. The van der Waals surface area contributed by atoms with Gasteiger partial charge in [-0.05, 0) is 36.8 Å². The largest absolute Gasteiger partial charge is 0.504 e. The molecule has 1 aliphatic rings. The second-order valence-electron chi connectivity index (χ2n) is 6.14. The molecule has 2 atom stereocenters. The molecule has 2 heterocycles. The highest BCUT2D eigenvalue weighted by Crippen LogP contribution is 2.45. The number of carbonyl (C=O) groups is 1. The lowest BCUT2D eigenvalue weighted by Crippen LogP contribution is -2.32. The minimum absolute atomic E-state index is 0.151. The van der Waals surface area contributed by atoms with E-state index >= 15 is 0 Å². The minimum atomic E-state index is -1.11. The van der Waals surface area contributed by atoms with E-state index in [2.05, 4.69) is 0 Å². The second-order valence-corrected chi connectivity index (χ2v) is 6.14. The van der Waals surface area contributed by atoms with Crippen molar-refractivity contribution in [3.05, 3.63) is 64.0 Å². The first-order valence-corrected chi connectivity index (χ1v) is 8.42. The summed E-state index contributed by atoms with van der Waals surface area (Å²) < 4.78 is 16.4. The van der Waals surface area contributed by atoms with E-state index in [9.17, 15) is 19.8 Å². The van der Waals surface area contributed by atoms with Gasteiger partial charge in [0.05, 0.1) is 23.5 Å². The maximum absolute atomic E-state index is 12.7. The van der Waals surface area contributed by atoms with Crippen molar-refractivity contribution in [1.82, 2.24) is 0 Å². The summed E-state index contributed by atoms with van der Waals surface area (Å²) in [5.74, 6) is -1.89. The third-order valence-corrected chi connectivity index (χ3v) is 4.53. The van der Waals surface area contributed by atoms with Crippen molar-refractivity contribution in [1.29, 1.82) is 0 Å². The lowest BCUT2D eigenvalue weighted by Gasteiger charge is -2.17. The highest BCUT2D eigenvalue weighted by molar-refractivity contribution is 5.88. The van der Waals surface area contributed by atoms with Gasteiger partial charge in [-0.2, -0.15) is 0 Å². The maximum atomic E-state index is 12.7. The summed E-state index contributed by atoms with van der Waals surface area (Å²) in [5.41, 5.74) is 0.313. The minimum Gasteiger partial charge on any atom is -0.504 e. The van der Waals surface area contributed by atoms with Gasteiger partial charge >= 0.3 is 11.6 Å². The van der Waals surface area contributed by atoms with E-state index in [1.165, 1.54) is 18.2 Å². The Bertz CT molecular complexity index is 1100. The van der Waals surface area contributed by atoms with Gasteiger partial charge in [-0.1, -0.05) is 18.2 Å². The SMILES string of the molecule is CCOC(=O)[C@H]1Oc2c(c(=O)oc3ccccc23)[C@@H]1c1ccc(O)c(O)c1. The Morgan fingerprint density at radius 2 is 1.93 bits per heavy atom. The van der Waals surface area contributed by atoms with Crippen molar-refractivity contribution >= 4 is 16.9 Å². The molecule has 0 radical (unpaired) electrons. The van der Waals surface area contributed by atoms with E-state index in [1.54, 1.807) is 31.2 Å². The van der Waals surface area contributed by atoms with Crippen LogP contribution in [0.3, 0.4) is 0 Å². The van der Waals surface area contributed by atoms with Crippen molar-refractivity contribution in [2.45, 2.75) is 18.9 Å². The Kier molecular flexibility index (Phi) is 3.99. The van der Waals surface area contributed by atoms with E-state index in [1.807, 2.05) is 0 Å². The van der Waals surface area contributed by atoms with Crippen LogP contribution in [0.25, 0.3) is 11.0 Å². The lowest BCUT2D eigenvalue weighted by molar-refractivity contribution is -0.151. The molecule has 0 bridgehead atoms. The molecule has 3 aromatic rings. The molecule has 2 N–H and O–H groups in total. The highest BCUT2D eigenvalue weighted by Gasteiger charge is 2.45. The van der Waals surface area contributed by atoms with E-state index in [0.717, 1.165) is 0 Å². The van der Waals surface area contributed by atoms with Gasteiger partial charge in [0, 0.05) is 0 Å². The highest BCUT2D eigenvalue weighted by atomic mass is 16.6. The third-order valence-electron chi connectivity index (χ3n) is 4.53. The summed E-state index contributed by atoms with van der Waals surface area (Å²) in [7, 11) is 0. The van der Waals surface area contributed by atoms with Crippen molar-refractivity contribution in [2.75, 3.05) is 6.61 Å². The molecule has 4 rings (SSSR count). The number of para-hydroxylation sites is 1. The number of fused-ring (bicyclic) bond motifs is 3. The average Bonchev–Trinajstić information content (AvgIpc) is 3.06. The first-order chi connectivity index (χ1) is 13.0. The van der Waals surface area contributed by atoms with E-state index in [4.69, 9.17) is 13.9 Å². The number of hydrogen-bond acceptors (Lipinski definition) is 7. The van der Waals surface area contributed by atoms with Gasteiger partial charge in [0.25, 0.3) is 0 Å². The normalized spacial score (nSPS) is 18.1. The molecule has 7 nitrogen and oxygen atoms in total. The predicted octanol–water partition coefficient (Wildman–Crippen LogP) is 2.66. The summed E-state index contributed by atoms with van der Waals surface area (Å²) in [5, 5.41) is 20.0. The van der Waals surface area contributed by atoms with E-state index < -0.39 is 23.6 Å². The predicted molar refractivity (Wildman–Crippen MR) is 95.1 cm³/mol. The molecule has 0 fully saturated rings. The number of rotatable bonds is 3. The van der Waals surface area contributed by atoms with Gasteiger partial charge in [0.1, 0.15) is 11.3 Å². The van der Waals surface area contributed by atoms with Gasteiger partial charge in [-0.25, -0.2) is 9.59 Å². The number of phenolic OH excluding ortho intramolecular Hbond substituents is 2. The zero-order valence-electron chi connectivity index (χ0n) is 14.3. The van der Waals surface area contributed by atoms with Crippen LogP contribution < -0.4 is 10.4 Å². The van der Waals surface area contributed by atoms with Crippen molar-refractivity contribution in [2.24, 2.45) is 0 Å². The number of ether oxygens (including phenoxy) is 2. The molecule has 1 aliphatic heterocycles. The summed E-state index contributed by atoms with van der Waals surface area (Å²) in [6, 6.07) is 11.0. The number of phenols is 2. The Morgan fingerprint density at radius 3 is 2.67 bits per heavy atom. The fourth-order valence-corrected chi connectivity index (χ4v) is 3.36. The van der Waals surface area contributed by atoms with Crippen LogP contribution in [-0.2, 0) is 9.53 Å². The fraction of sp³-hybridized carbons (Fsp3) is 0.200. The first kappa shape index (κ1) is 17.0. The molecule has 7 heteroatoms. The Morgan fingerprint density at radius 1 is 1.15 bits per heavy atom. The molecular weight excluding hydrogens is 352 g/mol. The summed E-state index contributed by atoms with van der Waals surface area (Å²) >= 11 is 0. The van der Waals surface area contributed by atoms with Crippen LogP contribution in [0.4, 0.5) is 0 Å². The summed E-state index contributed by atoms with van der Waals surface area (Å²) in [6.45, 7) is 1.82. The standard InChI is InChI=1S/C20H16O7/c1-2-25-20(24)18-15(10-7-8-12(21)13(22)9-10)16-17(27-18)11-5-3-4-6-14(11)26-19(16)23/h3-9,15,18,21-22H,2H2,1H3/t15-,18-/m0/s1. The summed E-state index contributed by atoms with van der Waals surface area (Å²) in [6.07, 6.45) is -1.11. The molecule has 0 aliphatic carbocycles. The quantitative estimate of drug-likeness (QED) is 0.416. The molecular formula is C20H16O7. The lowest BCUT2D eigenvalue weighted by atomic mass is 9.88. The Balaban J connectivity index is 1.96. The monoisotopic (exact) mass is 368 g/mol. The van der Waals surface area contributed by atoms with E-state index in [-0.39, 0.29) is 29.4 Å². The van der Waals surface area contributed by atoms with Crippen LogP contribution in [-0.4, -0.2) is 28.9 Å². The molecule has 0 saturated heterocycles. The second kappa shape index (κ2) is 6.35. The van der Waals surface area contributed by atoms with Crippen molar-refractivity contribution in [3.8, 4) is 17.2 Å². The van der Waals surface area contributed by atoms with Crippen molar-refractivity contribution < 1.29 is 28.9 Å². The first-order valence-electron chi connectivity index (χ1n) is 8.42. The molecule has 0 spiro atoms. The molecule has 0 amide bonds. The number of benzene rings is 2. The smallest absolute Gasteiger partial charge is 0.348 e. The fourth-order valence-electron chi connectivity index (χ4n) is 3.36. The zero-order chi connectivity index (χ0) is 19.1. The van der Waals surface area contributed by atoms with Crippen molar-refractivity contribution in [3.63, 3.8) is 0 Å². The topological polar surface area (TPSA) is 106 Å². The molecule has 0 saturated carbocycles. The van der Waals surface area contributed by atoms with E-state index in [0.29, 0.717) is 16.5 Å². The number of esters is 1. The van der Waals surface area contributed by atoms with Gasteiger partial charge < -0.3 is 24.1 Å². The molecule has 27 heavy (non-hydrogen) atoms. The van der Waals surface area contributed by atoms with Crippen LogP contribution in [0.15, 0.2) is 51.7 Å². The number of hydrogen-bond donors (Lipinski definition) is 2. The van der Waals surface area contributed by atoms with Crippen LogP contribution in [0.5, 0.6) is 17.2 Å². The maximum Gasteiger partial charge on any atom is 0.348 e. The van der Waals surface area contributed by atoms with Crippen LogP contribution in [0.2, 0.25) is 0 Å². The number of carbonyl (C=O) groups excluding carboxylic acids is 1. The van der Waals surface area contributed by atoms with Gasteiger partial charge in [-0.15, -0.1) is 0 Å². The zero-order valence-corrected chi connectivity index (χ0v) is 14.3. The molecule has 138 valence electrons. The summed E-state index contributed by atoms with van der Waals surface area (Å²) in [4.78, 5) is 25.2. The number of aromatic hydroxyl groups is 2. The molecule has 2 aromatic carbocycles. The van der Waals surface area contributed by atoms with Gasteiger partial charge in [0.2, 0.25) is 6.10 Å². The average molecular weight is 368 g/mol. The van der Waals surface area contributed by atoms with Gasteiger partial charge in [0.15, 0.2) is 11.5 Å². The third kappa shape index (κ3) is 2.68. The Labute approximate surface area is 153 Å². The van der Waals surface area contributed by atoms with Gasteiger partial charge in [-0.3, -0.25) is 0 Å². The van der Waals surface area contributed by atoms with Crippen LogP contribution in [0, 0.1) is 0 Å². The molecule has 0 unspecified atom stereocenters. The van der Waals surface area contributed by atoms with Crippen LogP contribution in [0.1, 0.15) is 24.0 Å². The van der Waals surface area contributed by atoms with Crippen LogP contribution >= 0.6 is 0 Å². The molecule has 1 aromatic heterocycles.